The zero-order valence-electron chi connectivity index (χ0n) is 21.4. The van der Waals surface area contributed by atoms with Crippen molar-refractivity contribution in [3.8, 4) is 17.2 Å². The van der Waals surface area contributed by atoms with Gasteiger partial charge in [0, 0.05) is 29.2 Å². The number of phenols is 2. The number of fused-ring (bicyclic) bond motifs is 2. The summed E-state index contributed by atoms with van der Waals surface area (Å²) >= 11 is 0. The van der Waals surface area contributed by atoms with Crippen LogP contribution in [0.25, 0.3) is 0 Å². The average Bonchev–Trinajstić information content (AvgIpc) is 2.90. The third-order valence-electron chi connectivity index (χ3n) is 6.89. The van der Waals surface area contributed by atoms with Gasteiger partial charge in [0.1, 0.15) is 23.4 Å². The van der Waals surface area contributed by atoms with E-state index in [1.807, 2.05) is 0 Å². The summed E-state index contributed by atoms with van der Waals surface area (Å²) in [6.45, 7) is 0.696. The number of ketones is 2. The number of esters is 1. The van der Waals surface area contributed by atoms with Gasteiger partial charge in [-0.15, -0.1) is 12.4 Å². The van der Waals surface area contributed by atoms with Gasteiger partial charge in [-0.05, 0) is 13.0 Å². The number of benzene rings is 2. The number of hydrogen-bond donors (Lipinski definition) is 5. The molecule has 0 aromatic heterocycles. The highest BCUT2D eigenvalue weighted by molar-refractivity contribution is 6.31. The fraction of sp³-hybridized carbons (Fsp3) is 0.423. The summed E-state index contributed by atoms with van der Waals surface area (Å²) in [6.07, 6.45) is -4.70. The maximum atomic E-state index is 13.6. The first kappa shape index (κ1) is 30.3. The molecule has 1 heterocycles. The molecule has 5 unspecified atom stereocenters. The Hall–Kier alpha value is -3.26. The third-order valence-corrected chi connectivity index (χ3v) is 6.89. The third kappa shape index (κ3) is 5.19. The second-order valence-corrected chi connectivity index (χ2v) is 9.10. The molecule has 2 aliphatic rings. The van der Waals surface area contributed by atoms with Crippen molar-refractivity contribution in [3.63, 3.8) is 0 Å². The van der Waals surface area contributed by atoms with E-state index >= 15 is 0 Å². The number of aromatic hydroxyl groups is 2. The minimum absolute atomic E-state index is 0. The molecule has 0 amide bonds. The van der Waals surface area contributed by atoms with Crippen LogP contribution in [0.15, 0.2) is 18.2 Å². The van der Waals surface area contributed by atoms with Gasteiger partial charge in [0.05, 0.1) is 56.1 Å². The number of halogens is 1. The van der Waals surface area contributed by atoms with Crippen LogP contribution in [0.1, 0.15) is 68.8 Å². The Kier molecular flexibility index (Phi) is 9.21. The lowest BCUT2D eigenvalue weighted by Gasteiger charge is -2.38. The molecule has 2 aromatic rings. The van der Waals surface area contributed by atoms with Gasteiger partial charge >= 0.3 is 5.97 Å². The molecule has 0 saturated carbocycles. The van der Waals surface area contributed by atoms with Crippen LogP contribution in [0.2, 0.25) is 0 Å². The predicted octanol–water partition coefficient (Wildman–Crippen LogP) is 1.24. The number of ether oxygens (including phenoxy) is 4. The molecule has 4 rings (SSSR count). The summed E-state index contributed by atoms with van der Waals surface area (Å²) in [7, 11) is 2.45. The second kappa shape index (κ2) is 11.9. The Bertz CT molecular complexity index is 1290. The highest BCUT2D eigenvalue weighted by Gasteiger charge is 2.42. The van der Waals surface area contributed by atoms with Gasteiger partial charge < -0.3 is 45.1 Å². The highest BCUT2D eigenvalue weighted by atomic mass is 35.5. The first-order valence-corrected chi connectivity index (χ1v) is 11.8. The molecule has 0 radical (unpaired) electrons. The molecule has 6 N–H and O–H groups in total. The minimum atomic E-state index is -1.41. The molecular weight excluding hydrogens is 538 g/mol. The van der Waals surface area contributed by atoms with Gasteiger partial charge in [0.15, 0.2) is 12.1 Å². The Balaban J connectivity index is 0.00000420. The number of rotatable bonds is 7. The van der Waals surface area contributed by atoms with Gasteiger partial charge in [-0.3, -0.25) is 14.4 Å². The molecule has 12 nitrogen and oxygen atoms in total. The van der Waals surface area contributed by atoms with E-state index in [-0.39, 0.29) is 46.8 Å². The van der Waals surface area contributed by atoms with Crippen LogP contribution < -0.4 is 10.5 Å². The molecule has 2 aromatic carbocycles. The summed E-state index contributed by atoms with van der Waals surface area (Å²) in [5, 5.41) is 42.8. The molecule has 212 valence electrons. The Labute approximate surface area is 229 Å². The van der Waals surface area contributed by atoms with Crippen LogP contribution in [0.3, 0.4) is 0 Å². The summed E-state index contributed by atoms with van der Waals surface area (Å²) in [4.78, 5) is 39.3. The van der Waals surface area contributed by atoms with E-state index in [1.165, 1.54) is 25.3 Å². The van der Waals surface area contributed by atoms with Gasteiger partial charge in [-0.1, -0.05) is 12.1 Å². The van der Waals surface area contributed by atoms with Crippen molar-refractivity contribution in [2.24, 2.45) is 5.73 Å². The minimum Gasteiger partial charge on any atom is -0.507 e. The van der Waals surface area contributed by atoms with E-state index in [0.29, 0.717) is 0 Å². The Morgan fingerprint density at radius 1 is 1.13 bits per heavy atom. The number of carbonyl (C=O) groups excluding carboxylic acids is 3. The maximum absolute atomic E-state index is 13.6. The number of carbonyl (C=O) groups is 3. The van der Waals surface area contributed by atoms with Gasteiger partial charge in [0.2, 0.25) is 5.78 Å². The zero-order chi connectivity index (χ0) is 27.9. The van der Waals surface area contributed by atoms with Gasteiger partial charge in [-0.25, -0.2) is 0 Å². The van der Waals surface area contributed by atoms with Crippen molar-refractivity contribution in [2.45, 2.75) is 57.0 Å². The standard InChI is InChI=1S/C26H29NO11.ClH/c1-10-22(30)13(27)7-17(37-10)38-15(8-16(29)36-3)19-12(9-28)24(32)20-21(26(19)34)25(33)18-11(23(20)31)5-4-6-14(18)35-2;/h4-6,10,13,15,17,22,28,30,32,34H,7-9,27H2,1-3H3;1H. The van der Waals surface area contributed by atoms with E-state index in [2.05, 4.69) is 0 Å². The van der Waals surface area contributed by atoms with Gasteiger partial charge in [0.25, 0.3) is 0 Å². The van der Waals surface area contributed by atoms with Crippen molar-refractivity contribution < 1.29 is 53.8 Å². The van der Waals surface area contributed by atoms with E-state index < -0.39 is 83.8 Å². The maximum Gasteiger partial charge on any atom is 0.308 e. The molecule has 1 aliphatic carbocycles. The van der Waals surface area contributed by atoms with Crippen LogP contribution in [-0.4, -0.2) is 76.7 Å². The summed E-state index contributed by atoms with van der Waals surface area (Å²) in [6, 6.07) is 3.62. The SMILES string of the molecule is COC(=O)CC(OC1CC(N)C(O)C(C)O1)c1c(O)c2c(c(O)c1CO)C(=O)c1cccc(OC)c1C2=O.Cl. The number of methoxy groups -OCH3 is 2. The quantitative estimate of drug-likeness (QED) is 0.203. The van der Waals surface area contributed by atoms with E-state index in [4.69, 9.17) is 24.7 Å². The van der Waals surface area contributed by atoms with Crippen LogP contribution in [0.4, 0.5) is 0 Å². The van der Waals surface area contributed by atoms with Crippen LogP contribution >= 0.6 is 12.4 Å². The topological polar surface area (TPSA) is 195 Å². The zero-order valence-corrected chi connectivity index (χ0v) is 22.2. The summed E-state index contributed by atoms with van der Waals surface area (Å²) < 4.78 is 21.6. The largest absolute Gasteiger partial charge is 0.507 e. The first-order chi connectivity index (χ1) is 18.0. The van der Waals surface area contributed by atoms with E-state index in [1.54, 1.807) is 6.92 Å². The van der Waals surface area contributed by atoms with E-state index in [0.717, 1.165) is 7.11 Å². The van der Waals surface area contributed by atoms with Crippen molar-refractivity contribution in [1.29, 1.82) is 0 Å². The number of aliphatic hydroxyl groups excluding tert-OH is 2. The molecular formula is C26H30ClNO11. The van der Waals surface area contributed by atoms with E-state index in [9.17, 15) is 34.8 Å². The summed E-state index contributed by atoms with van der Waals surface area (Å²) in [5.74, 6) is -3.78. The predicted molar refractivity (Wildman–Crippen MR) is 136 cm³/mol. The van der Waals surface area contributed by atoms with Gasteiger partial charge in [-0.2, -0.15) is 0 Å². The van der Waals surface area contributed by atoms with Crippen molar-refractivity contribution in [2.75, 3.05) is 14.2 Å². The second-order valence-electron chi connectivity index (χ2n) is 9.10. The Morgan fingerprint density at radius 3 is 2.38 bits per heavy atom. The Morgan fingerprint density at radius 2 is 1.79 bits per heavy atom. The van der Waals surface area contributed by atoms with Crippen molar-refractivity contribution in [3.05, 3.63) is 51.6 Å². The fourth-order valence-corrected chi connectivity index (χ4v) is 4.94. The highest BCUT2D eigenvalue weighted by Crippen LogP contribution is 2.48. The first-order valence-electron chi connectivity index (χ1n) is 11.8. The fourth-order valence-electron chi connectivity index (χ4n) is 4.94. The number of phenolic OH excluding ortho intramolecular Hbond substituents is 1. The molecule has 0 spiro atoms. The molecule has 5 atom stereocenters. The van der Waals surface area contributed by atoms with Crippen LogP contribution in [-0.2, 0) is 25.6 Å². The smallest absolute Gasteiger partial charge is 0.308 e. The molecule has 1 saturated heterocycles. The lowest BCUT2D eigenvalue weighted by molar-refractivity contribution is -0.241. The van der Waals surface area contributed by atoms with Crippen LogP contribution in [0.5, 0.6) is 17.2 Å². The molecule has 0 bridgehead atoms. The lowest BCUT2D eigenvalue weighted by atomic mass is 9.79. The van der Waals surface area contributed by atoms with Crippen LogP contribution in [0, 0.1) is 0 Å². The lowest BCUT2D eigenvalue weighted by Crippen LogP contribution is -2.51. The normalized spacial score (nSPS) is 22.8. The molecule has 39 heavy (non-hydrogen) atoms. The van der Waals surface area contributed by atoms with Crippen molar-refractivity contribution >= 4 is 29.9 Å². The summed E-state index contributed by atoms with van der Waals surface area (Å²) in [5.41, 5.74) is 4.18. The molecule has 1 fully saturated rings. The molecule has 1 aliphatic heterocycles. The average molecular weight is 568 g/mol. The number of aliphatic hydroxyl groups is 2. The number of hydrogen-bond acceptors (Lipinski definition) is 12. The monoisotopic (exact) mass is 567 g/mol. The number of nitrogens with two attached hydrogens (primary N) is 1. The molecule has 13 heteroatoms. The van der Waals surface area contributed by atoms with Crippen molar-refractivity contribution in [1.82, 2.24) is 0 Å².